The number of aromatic nitrogens is 1. The average Bonchev–Trinajstić information content (AvgIpc) is 2.58. The highest BCUT2D eigenvalue weighted by atomic mass is 16.5. The molecule has 0 aliphatic carbocycles. The molecule has 1 atom stereocenters. The molecule has 2 rings (SSSR count). The number of aliphatic hydroxyl groups is 1. The van der Waals surface area contributed by atoms with Crippen molar-refractivity contribution in [3.05, 3.63) is 59.9 Å². The minimum absolute atomic E-state index is 0.0737. The standard InChI is InChI=1S/C19H24N2O3/c1-14(2)24-17-7-3-6-16(11-17)18(22)13-21-19(23)9-8-15-5-4-10-20-12-15/h3-7,10-12,14,18,22H,8-9,13H2,1-2H3,(H,21,23)/t18-/m1/s1. The quantitative estimate of drug-likeness (QED) is 0.781. The molecule has 1 aromatic heterocycles. The summed E-state index contributed by atoms with van der Waals surface area (Å²) in [6, 6.07) is 11.1. The van der Waals surface area contributed by atoms with Crippen LogP contribution in [0.15, 0.2) is 48.8 Å². The third-order valence-electron chi connectivity index (χ3n) is 3.47. The molecule has 0 spiro atoms. The monoisotopic (exact) mass is 328 g/mol. The van der Waals surface area contributed by atoms with Crippen LogP contribution in [0.5, 0.6) is 5.75 Å². The minimum atomic E-state index is -0.761. The Morgan fingerprint density at radius 3 is 2.83 bits per heavy atom. The Balaban J connectivity index is 1.79. The maximum atomic E-state index is 11.9. The lowest BCUT2D eigenvalue weighted by Crippen LogP contribution is -2.28. The first-order valence-corrected chi connectivity index (χ1v) is 8.15. The van der Waals surface area contributed by atoms with Gasteiger partial charge in [0.05, 0.1) is 12.2 Å². The highest BCUT2D eigenvalue weighted by Crippen LogP contribution is 2.20. The van der Waals surface area contributed by atoms with Crippen LogP contribution >= 0.6 is 0 Å². The van der Waals surface area contributed by atoms with Gasteiger partial charge in [0.15, 0.2) is 0 Å². The van der Waals surface area contributed by atoms with Crippen LogP contribution in [-0.2, 0) is 11.2 Å². The number of aliphatic hydroxyl groups excluding tert-OH is 1. The van der Waals surface area contributed by atoms with Crippen LogP contribution < -0.4 is 10.1 Å². The van der Waals surface area contributed by atoms with E-state index in [0.29, 0.717) is 18.6 Å². The third-order valence-corrected chi connectivity index (χ3v) is 3.47. The van der Waals surface area contributed by atoms with Crippen molar-refractivity contribution in [2.75, 3.05) is 6.54 Å². The van der Waals surface area contributed by atoms with Crippen molar-refractivity contribution >= 4 is 5.91 Å². The number of pyridine rings is 1. The summed E-state index contributed by atoms with van der Waals surface area (Å²) in [6.07, 6.45) is 3.77. The Morgan fingerprint density at radius 2 is 2.12 bits per heavy atom. The Hall–Kier alpha value is -2.40. The summed E-state index contributed by atoms with van der Waals surface area (Å²) >= 11 is 0. The first-order chi connectivity index (χ1) is 11.5. The van der Waals surface area contributed by atoms with Gasteiger partial charge < -0.3 is 15.2 Å². The predicted octanol–water partition coefficient (Wildman–Crippen LogP) is 2.65. The molecule has 0 saturated carbocycles. The number of nitrogens with zero attached hydrogens (tertiary/aromatic N) is 1. The first kappa shape index (κ1) is 17.9. The number of aryl methyl sites for hydroxylation is 1. The fourth-order valence-corrected chi connectivity index (χ4v) is 2.29. The van der Waals surface area contributed by atoms with E-state index in [2.05, 4.69) is 10.3 Å². The molecule has 128 valence electrons. The predicted molar refractivity (Wildman–Crippen MR) is 92.7 cm³/mol. The number of amides is 1. The maximum Gasteiger partial charge on any atom is 0.220 e. The van der Waals surface area contributed by atoms with Crippen LogP contribution in [0.2, 0.25) is 0 Å². The SMILES string of the molecule is CC(C)Oc1cccc([C@H](O)CNC(=O)CCc2cccnc2)c1. The maximum absolute atomic E-state index is 11.9. The van der Waals surface area contributed by atoms with E-state index in [4.69, 9.17) is 4.74 Å². The fraction of sp³-hybridized carbons (Fsp3) is 0.368. The van der Waals surface area contributed by atoms with Gasteiger partial charge in [-0.3, -0.25) is 9.78 Å². The van der Waals surface area contributed by atoms with E-state index in [1.165, 1.54) is 0 Å². The lowest BCUT2D eigenvalue weighted by atomic mass is 10.1. The Labute approximate surface area is 142 Å². The van der Waals surface area contributed by atoms with Gasteiger partial charge in [0.25, 0.3) is 0 Å². The molecule has 1 aromatic carbocycles. The summed E-state index contributed by atoms with van der Waals surface area (Å²) in [5.74, 6) is 0.622. The lowest BCUT2D eigenvalue weighted by molar-refractivity contribution is -0.121. The van der Waals surface area contributed by atoms with Crippen molar-refractivity contribution in [2.45, 2.75) is 38.9 Å². The van der Waals surface area contributed by atoms with Crippen molar-refractivity contribution in [1.29, 1.82) is 0 Å². The second kappa shape index (κ2) is 9.03. The number of carbonyl (C=O) groups excluding carboxylic acids is 1. The number of hydrogen-bond donors (Lipinski definition) is 2. The Morgan fingerprint density at radius 1 is 1.29 bits per heavy atom. The molecule has 0 radical (unpaired) electrons. The lowest BCUT2D eigenvalue weighted by Gasteiger charge is -2.15. The smallest absolute Gasteiger partial charge is 0.220 e. The first-order valence-electron chi connectivity index (χ1n) is 8.15. The molecule has 0 aliphatic rings. The molecule has 0 fully saturated rings. The number of carbonyl (C=O) groups is 1. The zero-order valence-electron chi connectivity index (χ0n) is 14.1. The van der Waals surface area contributed by atoms with Crippen molar-refractivity contribution in [3.8, 4) is 5.75 Å². The number of ether oxygens (including phenoxy) is 1. The van der Waals surface area contributed by atoms with Crippen molar-refractivity contribution < 1.29 is 14.6 Å². The highest BCUT2D eigenvalue weighted by molar-refractivity contribution is 5.76. The summed E-state index contributed by atoms with van der Waals surface area (Å²) in [5.41, 5.74) is 1.74. The molecule has 0 saturated heterocycles. The van der Waals surface area contributed by atoms with E-state index in [-0.39, 0.29) is 18.6 Å². The molecule has 1 amide bonds. The fourth-order valence-electron chi connectivity index (χ4n) is 2.29. The second-order valence-corrected chi connectivity index (χ2v) is 5.92. The van der Waals surface area contributed by atoms with Crippen LogP contribution in [0, 0.1) is 0 Å². The van der Waals surface area contributed by atoms with Crippen LogP contribution in [0.1, 0.15) is 37.5 Å². The summed E-state index contributed by atoms with van der Waals surface area (Å²) in [4.78, 5) is 15.9. The summed E-state index contributed by atoms with van der Waals surface area (Å²) < 4.78 is 5.61. The summed E-state index contributed by atoms with van der Waals surface area (Å²) in [6.45, 7) is 4.08. The number of rotatable bonds is 8. The van der Waals surface area contributed by atoms with Gasteiger partial charge >= 0.3 is 0 Å². The molecule has 5 nitrogen and oxygen atoms in total. The third kappa shape index (κ3) is 6.01. The normalized spacial score (nSPS) is 12.0. The zero-order valence-corrected chi connectivity index (χ0v) is 14.1. The van der Waals surface area contributed by atoms with Crippen molar-refractivity contribution in [1.82, 2.24) is 10.3 Å². The van der Waals surface area contributed by atoms with Crippen LogP contribution in [0.25, 0.3) is 0 Å². The zero-order chi connectivity index (χ0) is 17.4. The summed E-state index contributed by atoms with van der Waals surface area (Å²) in [7, 11) is 0. The molecular weight excluding hydrogens is 304 g/mol. The van der Waals surface area contributed by atoms with Crippen molar-refractivity contribution in [2.24, 2.45) is 0 Å². The van der Waals surface area contributed by atoms with Gasteiger partial charge in [-0.1, -0.05) is 18.2 Å². The Kier molecular flexibility index (Phi) is 6.75. The van der Waals surface area contributed by atoms with Gasteiger partial charge in [0.1, 0.15) is 5.75 Å². The molecule has 24 heavy (non-hydrogen) atoms. The minimum Gasteiger partial charge on any atom is -0.491 e. The van der Waals surface area contributed by atoms with Crippen LogP contribution in [0.3, 0.4) is 0 Å². The molecule has 5 heteroatoms. The van der Waals surface area contributed by atoms with Crippen molar-refractivity contribution in [3.63, 3.8) is 0 Å². The largest absolute Gasteiger partial charge is 0.491 e. The molecule has 2 aromatic rings. The van der Waals surface area contributed by atoms with E-state index in [1.807, 2.05) is 44.2 Å². The van der Waals surface area contributed by atoms with Gasteiger partial charge in [0.2, 0.25) is 5.91 Å². The Bertz CT molecular complexity index is 644. The molecule has 1 heterocycles. The van der Waals surface area contributed by atoms with E-state index >= 15 is 0 Å². The number of hydrogen-bond acceptors (Lipinski definition) is 4. The molecule has 0 aliphatic heterocycles. The topological polar surface area (TPSA) is 71.5 Å². The van der Waals surface area contributed by atoms with Gasteiger partial charge in [-0.25, -0.2) is 0 Å². The van der Waals surface area contributed by atoms with Gasteiger partial charge in [-0.2, -0.15) is 0 Å². The van der Waals surface area contributed by atoms with E-state index in [0.717, 1.165) is 11.1 Å². The molecule has 2 N–H and O–H groups in total. The van der Waals surface area contributed by atoms with Gasteiger partial charge in [-0.15, -0.1) is 0 Å². The molecule has 0 unspecified atom stereocenters. The van der Waals surface area contributed by atoms with Crippen LogP contribution in [-0.4, -0.2) is 28.6 Å². The number of nitrogens with one attached hydrogen (secondary N) is 1. The molecular formula is C19H24N2O3. The van der Waals surface area contributed by atoms with E-state index in [9.17, 15) is 9.90 Å². The van der Waals surface area contributed by atoms with Gasteiger partial charge in [-0.05, 0) is 49.6 Å². The summed E-state index contributed by atoms with van der Waals surface area (Å²) in [5, 5.41) is 13.0. The van der Waals surface area contributed by atoms with E-state index in [1.54, 1.807) is 18.5 Å². The average molecular weight is 328 g/mol. The number of benzene rings is 1. The van der Waals surface area contributed by atoms with Crippen LogP contribution in [0.4, 0.5) is 0 Å². The second-order valence-electron chi connectivity index (χ2n) is 5.92. The van der Waals surface area contributed by atoms with E-state index < -0.39 is 6.10 Å². The molecule has 0 bridgehead atoms. The van der Waals surface area contributed by atoms with Gasteiger partial charge in [0, 0.05) is 25.4 Å². The highest BCUT2D eigenvalue weighted by Gasteiger charge is 2.11.